The molecule has 0 saturated carbocycles. The van der Waals surface area contributed by atoms with E-state index in [-0.39, 0.29) is 0 Å². The first-order valence-electron chi connectivity index (χ1n) is 19.2. The number of rotatable bonds is 26. The van der Waals surface area contributed by atoms with Crippen LogP contribution in [0.1, 0.15) is 185 Å². The number of unbranched alkanes of at least 4 members (excludes halogenated alkanes) is 1. The molecule has 0 heteroatoms. The van der Waals surface area contributed by atoms with Crippen molar-refractivity contribution in [3.63, 3.8) is 0 Å². The zero-order valence-corrected chi connectivity index (χ0v) is 33.5. The topological polar surface area (TPSA) is 0 Å². The summed E-state index contributed by atoms with van der Waals surface area (Å²) in [5, 5.41) is 0. The molecule has 0 saturated heterocycles. The Morgan fingerprint density at radius 3 is 0.688 bits per heavy atom. The monoisotopic (exact) mass is 653 g/mol. The summed E-state index contributed by atoms with van der Waals surface area (Å²) in [6.45, 7) is 22.6. The Morgan fingerprint density at radius 1 is 0.312 bits per heavy atom. The third-order valence-electron chi connectivity index (χ3n) is 9.09. The lowest BCUT2D eigenvalue weighted by Crippen LogP contribution is -1.84. The molecule has 0 bridgehead atoms. The van der Waals surface area contributed by atoms with Gasteiger partial charge < -0.3 is 0 Å². The number of hydrogen-bond donors (Lipinski definition) is 0. The first kappa shape index (κ1) is 45.2. The van der Waals surface area contributed by atoms with Crippen molar-refractivity contribution in [1.29, 1.82) is 0 Å². The van der Waals surface area contributed by atoms with E-state index in [0.717, 1.165) is 57.8 Å². The van der Waals surface area contributed by atoms with Gasteiger partial charge in [-0.05, 0) is 178 Å². The second-order valence-corrected chi connectivity index (χ2v) is 14.7. The Balaban J connectivity index is 4.22. The summed E-state index contributed by atoms with van der Waals surface area (Å²) in [6.07, 6.45) is 47.6. The summed E-state index contributed by atoms with van der Waals surface area (Å²) >= 11 is 0. The smallest absolute Gasteiger partial charge is 0.0121 e. The Morgan fingerprint density at radius 2 is 0.500 bits per heavy atom. The summed E-state index contributed by atoms with van der Waals surface area (Å²) in [4.78, 5) is 0. The molecule has 0 amide bonds. The third kappa shape index (κ3) is 30.5. The molecule has 0 aliphatic heterocycles. The van der Waals surface area contributed by atoms with Gasteiger partial charge in [-0.3, -0.25) is 0 Å². The van der Waals surface area contributed by atoms with Crippen LogP contribution in [0, 0.1) is 12.3 Å². The molecule has 0 N–H and O–H groups in total. The molecule has 0 atom stereocenters. The molecule has 0 unspecified atom stereocenters. The van der Waals surface area contributed by atoms with Gasteiger partial charge in [0.2, 0.25) is 0 Å². The largest absolute Gasteiger partial charge is 0.120 e. The predicted octanol–water partition coefficient (Wildman–Crippen LogP) is 16.2. The van der Waals surface area contributed by atoms with Gasteiger partial charge in [-0.1, -0.05) is 105 Å². The van der Waals surface area contributed by atoms with E-state index in [1.165, 1.54) is 108 Å². The van der Waals surface area contributed by atoms with Gasteiger partial charge in [0, 0.05) is 6.42 Å². The molecule has 0 aromatic rings. The standard InChI is InChI=1S/C48H76/c1-12-13-14-24-41(4)26-16-28-43(6)30-18-32-45(8)34-20-36-47(10)38-22-39-48(11)37-21-35-46(9)33-19-31-44(7)29-17-27-42(5)25-15-23-40(2)3/h1,23-24,27-28,31-32,35-36,39H,13-22,25-26,29-30,33-34,37-38H2,2-11H3/b41-24+,42-27-,43-28-,44-31-,45-32-,46-35-,47-36-,48-39-. The molecule has 0 aromatic carbocycles. The van der Waals surface area contributed by atoms with Crippen molar-refractivity contribution in [2.75, 3.05) is 0 Å². The van der Waals surface area contributed by atoms with Crippen LogP contribution in [0.3, 0.4) is 0 Å². The minimum atomic E-state index is 0.846. The molecule has 0 aliphatic rings. The third-order valence-corrected chi connectivity index (χ3v) is 9.09. The maximum Gasteiger partial charge on any atom is 0.0121 e. The lowest BCUT2D eigenvalue weighted by Gasteiger charge is -2.04. The molecule has 0 heterocycles. The van der Waals surface area contributed by atoms with Crippen LogP contribution in [0.5, 0.6) is 0 Å². The van der Waals surface area contributed by atoms with Crippen molar-refractivity contribution >= 4 is 0 Å². The molecule has 48 heavy (non-hydrogen) atoms. The van der Waals surface area contributed by atoms with Crippen molar-refractivity contribution in [2.24, 2.45) is 0 Å². The highest BCUT2D eigenvalue weighted by Crippen LogP contribution is 2.17. The summed E-state index contributed by atoms with van der Waals surface area (Å²) in [7, 11) is 0. The van der Waals surface area contributed by atoms with Crippen LogP contribution in [-0.2, 0) is 0 Å². The molecule has 0 aliphatic carbocycles. The molecular weight excluding hydrogens is 577 g/mol. The van der Waals surface area contributed by atoms with E-state index < -0.39 is 0 Å². The first-order valence-corrected chi connectivity index (χ1v) is 19.2. The molecular formula is C48H76. The average molecular weight is 653 g/mol. The van der Waals surface area contributed by atoms with Gasteiger partial charge in [0.05, 0.1) is 0 Å². The molecule has 0 radical (unpaired) electrons. The number of terminal acetylenes is 1. The fourth-order valence-electron chi connectivity index (χ4n) is 5.63. The van der Waals surface area contributed by atoms with Crippen LogP contribution in [0.25, 0.3) is 0 Å². The fourth-order valence-corrected chi connectivity index (χ4v) is 5.63. The molecule has 0 fully saturated rings. The number of allylic oxidation sites excluding steroid dienone is 18. The second kappa shape index (κ2) is 30.3. The predicted molar refractivity (Wildman–Crippen MR) is 221 cm³/mol. The van der Waals surface area contributed by atoms with Crippen LogP contribution >= 0.6 is 0 Å². The van der Waals surface area contributed by atoms with Crippen molar-refractivity contribution in [3.8, 4) is 12.3 Å². The van der Waals surface area contributed by atoms with Crippen molar-refractivity contribution < 1.29 is 0 Å². The summed E-state index contributed by atoms with van der Waals surface area (Å²) in [5.74, 6) is 2.71. The second-order valence-electron chi connectivity index (χ2n) is 14.7. The van der Waals surface area contributed by atoms with Crippen LogP contribution < -0.4 is 0 Å². The Kier molecular flexibility index (Phi) is 28.5. The van der Waals surface area contributed by atoms with E-state index in [4.69, 9.17) is 6.42 Å². The highest BCUT2D eigenvalue weighted by atomic mass is 14.0. The zero-order chi connectivity index (χ0) is 36.0. The summed E-state index contributed by atoms with van der Waals surface area (Å²) < 4.78 is 0. The van der Waals surface area contributed by atoms with Crippen molar-refractivity contribution in [3.05, 3.63) is 105 Å². The van der Waals surface area contributed by atoms with Crippen molar-refractivity contribution in [1.82, 2.24) is 0 Å². The van der Waals surface area contributed by atoms with Gasteiger partial charge in [-0.15, -0.1) is 12.3 Å². The highest BCUT2D eigenvalue weighted by molar-refractivity contribution is 5.10. The van der Waals surface area contributed by atoms with Crippen LogP contribution in [-0.4, -0.2) is 0 Å². The molecule has 0 aromatic heterocycles. The number of hydrogen-bond acceptors (Lipinski definition) is 0. The minimum absolute atomic E-state index is 0.846. The van der Waals surface area contributed by atoms with E-state index in [1.54, 1.807) is 0 Å². The zero-order valence-electron chi connectivity index (χ0n) is 33.5. The first-order chi connectivity index (χ1) is 22.9. The van der Waals surface area contributed by atoms with Crippen molar-refractivity contribution in [2.45, 2.75) is 185 Å². The van der Waals surface area contributed by atoms with Crippen LogP contribution in [0.15, 0.2) is 105 Å². The Bertz CT molecular complexity index is 1200. The van der Waals surface area contributed by atoms with Crippen LogP contribution in [0.4, 0.5) is 0 Å². The Hall–Kier alpha value is -2.78. The van der Waals surface area contributed by atoms with Gasteiger partial charge in [-0.25, -0.2) is 0 Å². The van der Waals surface area contributed by atoms with Crippen LogP contribution in [0.2, 0.25) is 0 Å². The molecule has 0 nitrogen and oxygen atoms in total. The molecule has 0 rings (SSSR count). The maximum absolute atomic E-state index is 5.34. The van der Waals surface area contributed by atoms with E-state index >= 15 is 0 Å². The quantitative estimate of drug-likeness (QED) is 0.0495. The van der Waals surface area contributed by atoms with E-state index in [0.29, 0.717) is 0 Å². The van der Waals surface area contributed by atoms with E-state index in [9.17, 15) is 0 Å². The molecule has 268 valence electrons. The van der Waals surface area contributed by atoms with Gasteiger partial charge >= 0.3 is 0 Å². The van der Waals surface area contributed by atoms with Gasteiger partial charge in [-0.2, -0.15) is 0 Å². The van der Waals surface area contributed by atoms with E-state index in [2.05, 4.69) is 130 Å². The average Bonchev–Trinajstić information content (AvgIpc) is 3.01. The van der Waals surface area contributed by atoms with Gasteiger partial charge in [0.15, 0.2) is 0 Å². The lowest BCUT2D eigenvalue weighted by atomic mass is 10.0. The van der Waals surface area contributed by atoms with Gasteiger partial charge in [0.1, 0.15) is 0 Å². The SMILES string of the molecule is C#CCC/C=C(\C)CC/C=C(/C)CC/C=C(/C)CC/C=C(/C)CC/C=C(/C)CC/C=C(/C)CC/C=C(/C)CC/C=C(/C)CCC=C(C)C. The summed E-state index contributed by atoms with van der Waals surface area (Å²) in [5.41, 5.74) is 13.6. The molecule has 0 spiro atoms. The van der Waals surface area contributed by atoms with E-state index in [1.807, 2.05) is 0 Å². The highest BCUT2D eigenvalue weighted by Gasteiger charge is 1.97. The maximum atomic E-state index is 5.34. The minimum Gasteiger partial charge on any atom is -0.120 e. The lowest BCUT2D eigenvalue weighted by molar-refractivity contribution is 0.880. The normalized spacial score (nSPS) is 14.4. The fraction of sp³-hybridized carbons (Fsp3) is 0.583. The van der Waals surface area contributed by atoms with Gasteiger partial charge in [0.25, 0.3) is 0 Å². The Labute approximate surface area is 301 Å². The summed E-state index contributed by atoms with van der Waals surface area (Å²) in [6, 6.07) is 0.